The topological polar surface area (TPSA) is 39.2 Å². The van der Waals surface area contributed by atoms with Crippen molar-refractivity contribution < 1.29 is 4.42 Å². The molecule has 0 saturated heterocycles. The van der Waals surface area contributed by atoms with Crippen molar-refractivity contribution >= 4 is 0 Å². The predicted octanol–water partition coefficient (Wildman–Crippen LogP) is 3.65. The molecule has 1 saturated carbocycles. The van der Waals surface area contributed by atoms with Crippen molar-refractivity contribution in [1.82, 2.24) is 0 Å². The van der Waals surface area contributed by atoms with E-state index in [1.807, 2.05) is 18.2 Å². The third-order valence-corrected chi connectivity index (χ3v) is 3.81. The van der Waals surface area contributed by atoms with Gasteiger partial charge in [0.1, 0.15) is 11.5 Å². The van der Waals surface area contributed by atoms with E-state index in [1.165, 1.54) is 6.42 Å². The molecule has 18 heavy (non-hydrogen) atoms. The first-order valence-corrected chi connectivity index (χ1v) is 6.63. The zero-order chi connectivity index (χ0) is 12.5. The monoisotopic (exact) mass is 241 g/mol. The molecule has 1 fully saturated rings. The first kappa shape index (κ1) is 11.5. The second-order valence-electron chi connectivity index (χ2n) is 5.34. The molecule has 2 nitrogen and oxygen atoms in total. The van der Waals surface area contributed by atoms with Crippen molar-refractivity contribution in [3.63, 3.8) is 0 Å². The Morgan fingerprint density at radius 3 is 2.61 bits per heavy atom. The highest BCUT2D eigenvalue weighted by molar-refractivity contribution is 5.22. The number of rotatable bonds is 4. The highest BCUT2D eigenvalue weighted by atomic mass is 16.3. The Morgan fingerprint density at radius 2 is 1.94 bits per heavy atom. The van der Waals surface area contributed by atoms with E-state index in [2.05, 4.69) is 31.2 Å². The molecule has 1 aliphatic rings. The lowest BCUT2D eigenvalue weighted by atomic mass is 10.0. The Labute approximate surface area is 108 Å². The van der Waals surface area contributed by atoms with Gasteiger partial charge >= 0.3 is 0 Å². The van der Waals surface area contributed by atoms with Gasteiger partial charge in [0.2, 0.25) is 0 Å². The maximum Gasteiger partial charge on any atom is 0.107 e. The van der Waals surface area contributed by atoms with E-state index >= 15 is 0 Å². The summed E-state index contributed by atoms with van der Waals surface area (Å²) in [4.78, 5) is 0. The average Bonchev–Trinajstić information content (AvgIpc) is 2.94. The van der Waals surface area contributed by atoms with Crippen LogP contribution in [0.2, 0.25) is 0 Å². The third-order valence-electron chi connectivity index (χ3n) is 3.81. The maximum absolute atomic E-state index is 6.20. The molecule has 1 aliphatic carbocycles. The smallest absolute Gasteiger partial charge is 0.107 e. The molecular formula is C16H19NO. The molecule has 3 rings (SSSR count). The van der Waals surface area contributed by atoms with E-state index in [0.29, 0.717) is 5.92 Å². The van der Waals surface area contributed by atoms with Gasteiger partial charge in [0, 0.05) is 18.4 Å². The van der Waals surface area contributed by atoms with Crippen LogP contribution in [0.5, 0.6) is 0 Å². The molecular weight excluding hydrogens is 222 g/mol. The van der Waals surface area contributed by atoms with Crippen LogP contribution in [0.1, 0.15) is 42.4 Å². The van der Waals surface area contributed by atoms with Gasteiger partial charge in [-0.15, -0.1) is 0 Å². The Kier molecular flexibility index (Phi) is 2.96. The number of hydrogen-bond acceptors (Lipinski definition) is 2. The van der Waals surface area contributed by atoms with Crippen LogP contribution in [0.3, 0.4) is 0 Å². The third kappa shape index (κ3) is 2.34. The Morgan fingerprint density at radius 1 is 1.22 bits per heavy atom. The molecule has 94 valence electrons. The molecule has 1 aromatic heterocycles. The van der Waals surface area contributed by atoms with Crippen molar-refractivity contribution in [2.24, 2.45) is 11.7 Å². The van der Waals surface area contributed by atoms with E-state index in [1.54, 1.807) is 0 Å². The summed E-state index contributed by atoms with van der Waals surface area (Å²) >= 11 is 0. The molecule has 0 bridgehead atoms. The summed E-state index contributed by atoms with van der Waals surface area (Å²) in [7, 11) is 0. The quantitative estimate of drug-likeness (QED) is 0.887. The van der Waals surface area contributed by atoms with Gasteiger partial charge in [0.05, 0.1) is 0 Å². The molecule has 0 aliphatic heterocycles. The molecule has 3 atom stereocenters. The number of furan rings is 1. The molecule has 0 radical (unpaired) electrons. The first-order valence-electron chi connectivity index (χ1n) is 6.63. The van der Waals surface area contributed by atoms with Crippen LogP contribution < -0.4 is 5.73 Å². The van der Waals surface area contributed by atoms with Crippen molar-refractivity contribution in [3.8, 4) is 0 Å². The molecule has 0 amide bonds. The summed E-state index contributed by atoms with van der Waals surface area (Å²) in [6.45, 7) is 2.27. The fraction of sp³-hybridized carbons (Fsp3) is 0.375. The number of nitrogens with two attached hydrogens (primary N) is 1. The molecule has 0 spiro atoms. The molecule has 1 heterocycles. The van der Waals surface area contributed by atoms with E-state index in [0.717, 1.165) is 29.4 Å². The summed E-state index contributed by atoms with van der Waals surface area (Å²) < 4.78 is 5.89. The fourth-order valence-electron chi connectivity index (χ4n) is 2.46. The Bertz CT molecular complexity index is 517. The minimum absolute atomic E-state index is 0.0156. The van der Waals surface area contributed by atoms with Crippen molar-refractivity contribution in [3.05, 3.63) is 59.5 Å². The van der Waals surface area contributed by atoms with Gasteiger partial charge in [-0.05, 0) is 30.0 Å². The second kappa shape index (κ2) is 4.62. The lowest BCUT2D eigenvalue weighted by molar-refractivity contribution is 0.448. The lowest BCUT2D eigenvalue weighted by Gasteiger charge is -2.09. The molecule has 2 aromatic rings. The van der Waals surface area contributed by atoms with Gasteiger partial charge in [-0.1, -0.05) is 37.3 Å². The van der Waals surface area contributed by atoms with E-state index in [9.17, 15) is 0 Å². The van der Waals surface area contributed by atoms with Crippen LogP contribution in [0, 0.1) is 5.92 Å². The fourth-order valence-corrected chi connectivity index (χ4v) is 2.46. The van der Waals surface area contributed by atoms with Crippen LogP contribution in [0.25, 0.3) is 0 Å². The standard InChI is InChI=1S/C16H19NO/c1-11-9-14(11)16-8-7-13(18-16)10-15(17)12-5-3-2-4-6-12/h2-8,11,14-15H,9-10,17H2,1H3. The van der Waals surface area contributed by atoms with E-state index in [-0.39, 0.29) is 6.04 Å². The van der Waals surface area contributed by atoms with Gasteiger partial charge in [-0.3, -0.25) is 0 Å². The summed E-state index contributed by atoms with van der Waals surface area (Å²) in [5.74, 6) is 3.57. The SMILES string of the molecule is CC1CC1c1ccc(CC(N)c2ccccc2)o1. The summed E-state index contributed by atoms with van der Waals surface area (Å²) in [6.07, 6.45) is 2.03. The van der Waals surface area contributed by atoms with Crippen molar-refractivity contribution in [2.75, 3.05) is 0 Å². The zero-order valence-electron chi connectivity index (χ0n) is 10.7. The van der Waals surface area contributed by atoms with E-state index in [4.69, 9.17) is 10.2 Å². The first-order chi connectivity index (χ1) is 8.74. The van der Waals surface area contributed by atoms with Crippen molar-refractivity contribution in [1.29, 1.82) is 0 Å². The van der Waals surface area contributed by atoms with Gasteiger partial charge in [-0.25, -0.2) is 0 Å². The molecule has 2 heteroatoms. The summed E-state index contributed by atoms with van der Waals surface area (Å²) in [5.41, 5.74) is 7.36. The second-order valence-corrected chi connectivity index (χ2v) is 5.34. The molecule has 1 aromatic carbocycles. The van der Waals surface area contributed by atoms with Gasteiger partial charge in [-0.2, -0.15) is 0 Å². The highest BCUT2D eigenvalue weighted by Gasteiger charge is 2.36. The van der Waals surface area contributed by atoms with Gasteiger partial charge < -0.3 is 10.2 Å². The predicted molar refractivity (Wildman–Crippen MR) is 72.3 cm³/mol. The Hall–Kier alpha value is -1.54. The van der Waals surface area contributed by atoms with E-state index < -0.39 is 0 Å². The number of hydrogen-bond donors (Lipinski definition) is 1. The van der Waals surface area contributed by atoms with Crippen LogP contribution in [0.4, 0.5) is 0 Å². The molecule has 3 unspecified atom stereocenters. The normalized spacial score (nSPS) is 23.9. The lowest BCUT2D eigenvalue weighted by Crippen LogP contribution is -2.12. The minimum atomic E-state index is 0.0156. The number of benzene rings is 1. The maximum atomic E-state index is 6.20. The average molecular weight is 241 g/mol. The zero-order valence-corrected chi connectivity index (χ0v) is 10.7. The van der Waals surface area contributed by atoms with Crippen LogP contribution in [-0.4, -0.2) is 0 Å². The van der Waals surface area contributed by atoms with Gasteiger partial charge in [0.15, 0.2) is 0 Å². The van der Waals surface area contributed by atoms with Crippen LogP contribution >= 0.6 is 0 Å². The van der Waals surface area contributed by atoms with Crippen LogP contribution in [0.15, 0.2) is 46.9 Å². The Balaban J connectivity index is 1.67. The largest absolute Gasteiger partial charge is 0.466 e. The summed E-state index contributed by atoms with van der Waals surface area (Å²) in [5, 5.41) is 0. The molecule has 2 N–H and O–H groups in total. The van der Waals surface area contributed by atoms with Crippen molar-refractivity contribution in [2.45, 2.75) is 31.7 Å². The van der Waals surface area contributed by atoms with Gasteiger partial charge in [0.25, 0.3) is 0 Å². The highest BCUT2D eigenvalue weighted by Crippen LogP contribution is 2.47. The van der Waals surface area contributed by atoms with Crippen LogP contribution in [-0.2, 0) is 6.42 Å². The minimum Gasteiger partial charge on any atom is -0.466 e. The summed E-state index contributed by atoms with van der Waals surface area (Å²) in [6, 6.07) is 14.4.